The molecule has 2 aromatic heterocycles. The number of benzene rings is 2. The van der Waals surface area contributed by atoms with Gasteiger partial charge in [0.15, 0.2) is 0 Å². The monoisotopic (exact) mass is 430 g/mol. The molecule has 1 amide bonds. The SMILES string of the molecule is COc1ccc(-c2[nH]c3ccccc3c2CCC(=O)N2CCc3sccc3[C@@H]2C)cc1. The number of fused-ring (bicyclic) bond motifs is 2. The number of para-hydroxylation sites is 1. The molecule has 1 N–H and O–H groups in total. The minimum absolute atomic E-state index is 0.159. The van der Waals surface area contributed by atoms with Gasteiger partial charge in [0, 0.05) is 34.4 Å². The molecule has 4 nitrogen and oxygen atoms in total. The number of ether oxygens (including phenoxy) is 1. The number of hydrogen-bond donors (Lipinski definition) is 1. The maximum atomic E-state index is 13.2. The predicted molar refractivity (Wildman–Crippen MR) is 127 cm³/mol. The van der Waals surface area contributed by atoms with Crippen LogP contribution in [0.15, 0.2) is 60.0 Å². The molecule has 0 fully saturated rings. The highest BCUT2D eigenvalue weighted by Crippen LogP contribution is 2.35. The Bertz CT molecular complexity index is 1220. The fraction of sp³-hybridized carbons (Fsp3) is 0.269. The number of nitrogens with zero attached hydrogens (tertiary/aromatic N) is 1. The average molecular weight is 431 g/mol. The summed E-state index contributed by atoms with van der Waals surface area (Å²) in [7, 11) is 1.68. The van der Waals surface area contributed by atoms with E-state index in [9.17, 15) is 4.79 Å². The number of aryl methyl sites for hydroxylation is 1. The maximum absolute atomic E-state index is 13.2. The number of nitrogens with one attached hydrogen (secondary N) is 1. The Morgan fingerprint density at radius 2 is 1.97 bits per heavy atom. The summed E-state index contributed by atoms with van der Waals surface area (Å²) in [5.74, 6) is 1.07. The van der Waals surface area contributed by atoms with Gasteiger partial charge in [-0.05, 0) is 78.2 Å². The van der Waals surface area contributed by atoms with Crippen LogP contribution in [0.5, 0.6) is 5.75 Å². The molecule has 0 spiro atoms. The second kappa shape index (κ2) is 8.23. The Morgan fingerprint density at radius 1 is 1.16 bits per heavy atom. The largest absolute Gasteiger partial charge is 0.497 e. The molecule has 1 aliphatic heterocycles. The smallest absolute Gasteiger partial charge is 0.223 e. The van der Waals surface area contributed by atoms with Crippen LogP contribution in [0, 0.1) is 0 Å². The number of rotatable bonds is 5. The Morgan fingerprint density at radius 3 is 2.77 bits per heavy atom. The first-order valence-electron chi connectivity index (χ1n) is 10.8. The van der Waals surface area contributed by atoms with E-state index in [1.807, 2.05) is 18.2 Å². The van der Waals surface area contributed by atoms with Crippen molar-refractivity contribution in [3.8, 4) is 17.0 Å². The van der Waals surface area contributed by atoms with Gasteiger partial charge in [-0.1, -0.05) is 18.2 Å². The summed E-state index contributed by atoms with van der Waals surface area (Å²) < 4.78 is 5.31. The summed E-state index contributed by atoms with van der Waals surface area (Å²) in [5.41, 5.74) is 5.81. The highest BCUT2D eigenvalue weighted by atomic mass is 32.1. The minimum atomic E-state index is 0.159. The molecule has 158 valence electrons. The highest BCUT2D eigenvalue weighted by Gasteiger charge is 2.28. The van der Waals surface area contributed by atoms with E-state index in [1.165, 1.54) is 21.4 Å². The van der Waals surface area contributed by atoms with Crippen LogP contribution in [0.3, 0.4) is 0 Å². The van der Waals surface area contributed by atoms with E-state index in [2.05, 4.69) is 58.6 Å². The molecule has 1 atom stereocenters. The molecule has 0 aliphatic carbocycles. The molecular weight excluding hydrogens is 404 g/mol. The quantitative estimate of drug-likeness (QED) is 0.423. The number of carbonyl (C=O) groups is 1. The zero-order valence-electron chi connectivity index (χ0n) is 17.9. The summed E-state index contributed by atoms with van der Waals surface area (Å²) in [6.07, 6.45) is 2.19. The number of carbonyl (C=O) groups excluding carboxylic acids is 1. The van der Waals surface area contributed by atoms with E-state index >= 15 is 0 Å². The van der Waals surface area contributed by atoms with Crippen LogP contribution < -0.4 is 4.74 Å². The van der Waals surface area contributed by atoms with Gasteiger partial charge in [-0.3, -0.25) is 4.79 Å². The summed E-state index contributed by atoms with van der Waals surface area (Å²) >= 11 is 1.81. The van der Waals surface area contributed by atoms with Gasteiger partial charge in [-0.15, -0.1) is 11.3 Å². The molecule has 0 unspecified atom stereocenters. The lowest BCUT2D eigenvalue weighted by Gasteiger charge is -2.33. The molecule has 1 aliphatic rings. The van der Waals surface area contributed by atoms with Crippen LogP contribution in [0.1, 0.15) is 35.4 Å². The van der Waals surface area contributed by atoms with E-state index in [0.717, 1.165) is 35.5 Å². The number of thiophene rings is 1. The molecule has 31 heavy (non-hydrogen) atoms. The first kappa shape index (κ1) is 19.9. The lowest BCUT2D eigenvalue weighted by atomic mass is 9.98. The van der Waals surface area contributed by atoms with Crippen molar-refractivity contribution in [1.82, 2.24) is 9.88 Å². The van der Waals surface area contributed by atoms with Crippen molar-refractivity contribution in [2.75, 3.05) is 13.7 Å². The summed E-state index contributed by atoms with van der Waals surface area (Å²) in [5, 5.41) is 3.33. The van der Waals surface area contributed by atoms with Crippen molar-refractivity contribution < 1.29 is 9.53 Å². The predicted octanol–water partition coefficient (Wildman–Crippen LogP) is 5.98. The lowest BCUT2D eigenvalue weighted by molar-refractivity contribution is -0.133. The molecule has 0 saturated heterocycles. The van der Waals surface area contributed by atoms with Gasteiger partial charge < -0.3 is 14.6 Å². The van der Waals surface area contributed by atoms with Gasteiger partial charge in [-0.2, -0.15) is 0 Å². The molecular formula is C26H26N2O2S. The van der Waals surface area contributed by atoms with Gasteiger partial charge in [0.25, 0.3) is 0 Å². The first-order chi connectivity index (χ1) is 15.2. The number of H-pyrrole nitrogens is 1. The number of hydrogen-bond acceptors (Lipinski definition) is 3. The minimum Gasteiger partial charge on any atom is -0.497 e. The molecule has 2 aromatic carbocycles. The number of aromatic nitrogens is 1. The third-order valence-electron chi connectivity index (χ3n) is 6.38. The van der Waals surface area contributed by atoms with Crippen molar-refractivity contribution in [2.24, 2.45) is 0 Å². The zero-order chi connectivity index (χ0) is 21.4. The Hall–Kier alpha value is -3.05. The van der Waals surface area contributed by atoms with E-state index < -0.39 is 0 Å². The van der Waals surface area contributed by atoms with Crippen molar-refractivity contribution in [3.63, 3.8) is 0 Å². The second-order valence-electron chi connectivity index (χ2n) is 8.06. The standard InChI is InChI=1S/C26H26N2O2S/c1-17-20-14-16-31-24(20)13-15-28(17)25(29)12-11-22-21-5-3-4-6-23(21)27-26(22)18-7-9-19(30-2)10-8-18/h3-10,14,16-17,27H,11-13,15H2,1-2H3/t17-/m0/s1. The Labute approximate surface area is 186 Å². The van der Waals surface area contributed by atoms with Gasteiger partial charge >= 0.3 is 0 Å². The summed E-state index contributed by atoms with van der Waals surface area (Å²) in [4.78, 5) is 20.3. The topological polar surface area (TPSA) is 45.3 Å². The average Bonchev–Trinajstić information content (AvgIpc) is 3.43. The van der Waals surface area contributed by atoms with Crippen molar-refractivity contribution in [1.29, 1.82) is 0 Å². The van der Waals surface area contributed by atoms with Crippen LogP contribution in [-0.4, -0.2) is 29.4 Å². The van der Waals surface area contributed by atoms with Crippen LogP contribution in [0.25, 0.3) is 22.2 Å². The van der Waals surface area contributed by atoms with Gasteiger partial charge in [0.2, 0.25) is 5.91 Å². The van der Waals surface area contributed by atoms with Crippen LogP contribution >= 0.6 is 11.3 Å². The molecule has 4 aromatic rings. The van der Waals surface area contributed by atoms with E-state index in [0.29, 0.717) is 12.8 Å². The third kappa shape index (κ3) is 3.63. The number of methoxy groups -OCH3 is 1. The molecule has 0 bridgehead atoms. The fourth-order valence-electron chi connectivity index (χ4n) is 4.69. The molecule has 0 radical (unpaired) electrons. The second-order valence-corrected chi connectivity index (χ2v) is 9.07. The van der Waals surface area contributed by atoms with Gasteiger partial charge in [0.1, 0.15) is 5.75 Å². The van der Waals surface area contributed by atoms with Crippen LogP contribution in [-0.2, 0) is 17.6 Å². The fourth-order valence-corrected chi connectivity index (χ4v) is 5.65. The molecule has 3 heterocycles. The zero-order valence-corrected chi connectivity index (χ0v) is 18.7. The molecule has 5 heteroatoms. The summed E-state index contributed by atoms with van der Waals surface area (Å²) in [6, 6.07) is 18.8. The van der Waals surface area contributed by atoms with E-state index in [4.69, 9.17) is 4.74 Å². The van der Waals surface area contributed by atoms with Crippen molar-refractivity contribution in [2.45, 2.75) is 32.2 Å². The maximum Gasteiger partial charge on any atom is 0.223 e. The molecule has 0 saturated carbocycles. The normalized spacial score (nSPS) is 15.8. The Kier molecular flexibility index (Phi) is 5.28. The van der Waals surface area contributed by atoms with Crippen molar-refractivity contribution in [3.05, 3.63) is 76.0 Å². The van der Waals surface area contributed by atoms with Crippen LogP contribution in [0.4, 0.5) is 0 Å². The molecule has 5 rings (SSSR count). The van der Waals surface area contributed by atoms with Gasteiger partial charge in [-0.25, -0.2) is 0 Å². The van der Waals surface area contributed by atoms with E-state index in [1.54, 1.807) is 18.4 Å². The van der Waals surface area contributed by atoms with E-state index in [-0.39, 0.29) is 11.9 Å². The highest BCUT2D eigenvalue weighted by molar-refractivity contribution is 7.10. The number of amides is 1. The summed E-state index contributed by atoms with van der Waals surface area (Å²) in [6.45, 7) is 2.96. The van der Waals surface area contributed by atoms with Gasteiger partial charge in [0.05, 0.1) is 13.2 Å². The third-order valence-corrected chi connectivity index (χ3v) is 7.38. The lowest BCUT2D eigenvalue weighted by Crippen LogP contribution is -2.38. The first-order valence-corrected chi connectivity index (χ1v) is 11.6. The Balaban J connectivity index is 1.41. The van der Waals surface area contributed by atoms with Crippen LogP contribution in [0.2, 0.25) is 0 Å². The number of aromatic amines is 1. The van der Waals surface area contributed by atoms with Crippen molar-refractivity contribution >= 4 is 28.1 Å².